The average Bonchev–Trinajstić information content (AvgIpc) is 3.95. The minimum Gasteiger partial charge on any atom is -0.457 e. The van der Waals surface area contributed by atoms with Gasteiger partial charge >= 0.3 is 6.03 Å². The van der Waals surface area contributed by atoms with Crippen LogP contribution in [0.15, 0.2) is 79.1 Å². The first-order valence-electron chi connectivity index (χ1n) is 25.6. The highest BCUT2D eigenvalue weighted by molar-refractivity contribution is 6.05. The molecule has 17 heteroatoms. The predicted molar refractivity (Wildman–Crippen MR) is 266 cm³/mol. The number of nitrogens with two attached hydrogens (primary N) is 1. The molecule has 5 fully saturated rings. The molecule has 11 rings (SSSR count). The molecule has 8 heterocycles. The standard InChI is InChI=1S/C53H64N12O5/c54-49-47-48(37-10-13-43(14-11-37)70-42-8-2-1-3-9-42)58-65(50(47)56-35-55-49)41-7-5-23-63(34-41)39-20-26-62(27-21-39)53(69)61-24-18-36(19-25-61)6-4-22-59-28-30-60(31-29-59)40-12-15-44-38(32-40)33-64(52(44)68)45-16-17-46(66)57-51(45)67/h1-3,8-15,32,35-36,39,41,45H,4-7,16-31,33-34H2,(H2,54,55,56)(H,57,66,67). The fourth-order valence-electron chi connectivity index (χ4n) is 11.9. The number of imide groups is 1. The second-order valence-corrected chi connectivity index (χ2v) is 20.1. The maximum absolute atomic E-state index is 13.8. The Morgan fingerprint density at radius 2 is 1.51 bits per heavy atom. The van der Waals surface area contributed by atoms with E-state index in [0.717, 1.165) is 156 Å². The summed E-state index contributed by atoms with van der Waals surface area (Å²) < 4.78 is 8.13. The molecule has 6 aliphatic heterocycles. The molecule has 0 aliphatic carbocycles. The summed E-state index contributed by atoms with van der Waals surface area (Å²) in [5, 5.41) is 8.35. The van der Waals surface area contributed by atoms with Crippen LogP contribution in [0.5, 0.6) is 11.5 Å². The van der Waals surface area contributed by atoms with Crippen molar-refractivity contribution in [3.63, 3.8) is 0 Å². The van der Waals surface area contributed by atoms with Gasteiger partial charge in [0.1, 0.15) is 35.4 Å². The summed E-state index contributed by atoms with van der Waals surface area (Å²) in [6.45, 7) is 10.5. The average molecular weight is 949 g/mol. The van der Waals surface area contributed by atoms with Crippen molar-refractivity contribution in [2.75, 3.05) is 82.6 Å². The number of nitrogens with one attached hydrogen (secondary N) is 1. The van der Waals surface area contributed by atoms with Crippen molar-refractivity contribution >= 4 is 46.3 Å². The number of carbonyl (C=O) groups excluding carboxylic acids is 4. The molecule has 3 N–H and O–H groups in total. The number of fused-ring (bicyclic) bond motifs is 2. The van der Waals surface area contributed by atoms with Crippen LogP contribution < -0.4 is 20.7 Å². The van der Waals surface area contributed by atoms with E-state index in [9.17, 15) is 19.2 Å². The fourth-order valence-corrected chi connectivity index (χ4v) is 11.9. The second kappa shape index (κ2) is 20.0. The molecule has 5 saturated heterocycles. The molecule has 17 nitrogen and oxygen atoms in total. The summed E-state index contributed by atoms with van der Waals surface area (Å²) in [7, 11) is 0. The molecule has 366 valence electrons. The highest BCUT2D eigenvalue weighted by atomic mass is 16.5. The number of carbonyl (C=O) groups is 4. The Morgan fingerprint density at radius 1 is 0.771 bits per heavy atom. The van der Waals surface area contributed by atoms with Crippen LogP contribution in [0.4, 0.5) is 16.3 Å². The lowest BCUT2D eigenvalue weighted by atomic mass is 9.92. The maximum Gasteiger partial charge on any atom is 0.319 e. The third-order valence-electron chi connectivity index (χ3n) is 15.9. The Labute approximate surface area is 408 Å². The van der Waals surface area contributed by atoms with Crippen LogP contribution in [0.2, 0.25) is 0 Å². The largest absolute Gasteiger partial charge is 0.457 e. The lowest BCUT2D eigenvalue weighted by molar-refractivity contribution is -0.136. The van der Waals surface area contributed by atoms with Gasteiger partial charge in [0.15, 0.2) is 5.65 Å². The highest BCUT2D eigenvalue weighted by Crippen LogP contribution is 2.37. The van der Waals surface area contributed by atoms with Crippen LogP contribution in [0.25, 0.3) is 22.3 Å². The minimum atomic E-state index is -0.598. The van der Waals surface area contributed by atoms with Gasteiger partial charge in [0, 0.05) is 94.7 Å². The number of nitrogen functional groups attached to an aromatic ring is 1. The van der Waals surface area contributed by atoms with Gasteiger partial charge in [-0.3, -0.25) is 29.5 Å². The van der Waals surface area contributed by atoms with E-state index in [1.165, 1.54) is 19.2 Å². The summed E-state index contributed by atoms with van der Waals surface area (Å²) in [6, 6.07) is 23.9. The van der Waals surface area contributed by atoms with Crippen molar-refractivity contribution in [1.82, 2.24) is 49.6 Å². The van der Waals surface area contributed by atoms with E-state index in [4.69, 9.17) is 20.6 Å². The van der Waals surface area contributed by atoms with Gasteiger partial charge < -0.3 is 30.1 Å². The number of rotatable bonds is 11. The molecule has 5 amide bonds. The van der Waals surface area contributed by atoms with E-state index in [1.807, 2.05) is 66.7 Å². The normalized spacial score (nSPS) is 22.2. The molecular formula is C53H64N12O5. The lowest BCUT2D eigenvalue weighted by Gasteiger charge is -2.43. The topological polar surface area (TPSA) is 179 Å². The summed E-state index contributed by atoms with van der Waals surface area (Å²) in [4.78, 5) is 73.6. The molecule has 0 radical (unpaired) electrons. The van der Waals surface area contributed by atoms with Crippen molar-refractivity contribution in [2.45, 2.75) is 88.9 Å². The fraction of sp³-hybridized carbons (Fsp3) is 0.491. The van der Waals surface area contributed by atoms with Crippen molar-refractivity contribution in [3.8, 4) is 22.8 Å². The van der Waals surface area contributed by atoms with Crippen LogP contribution in [0.3, 0.4) is 0 Å². The molecule has 6 aliphatic rings. The number of para-hydroxylation sites is 1. The van der Waals surface area contributed by atoms with Gasteiger partial charge in [0.2, 0.25) is 11.8 Å². The van der Waals surface area contributed by atoms with Crippen LogP contribution in [-0.2, 0) is 16.1 Å². The number of urea groups is 1. The number of aromatic nitrogens is 4. The van der Waals surface area contributed by atoms with Crippen molar-refractivity contribution in [1.29, 1.82) is 0 Å². The van der Waals surface area contributed by atoms with Crippen LogP contribution >= 0.6 is 0 Å². The molecular weight excluding hydrogens is 885 g/mol. The van der Waals surface area contributed by atoms with Crippen molar-refractivity contribution in [2.24, 2.45) is 5.92 Å². The molecule has 2 aromatic heterocycles. The van der Waals surface area contributed by atoms with Crippen LogP contribution in [-0.4, -0.2) is 152 Å². The third kappa shape index (κ3) is 9.52. The Bertz CT molecular complexity index is 2710. The molecule has 5 aromatic rings. The summed E-state index contributed by atoms with van der Waals surface area (Å²) >= 11 is 0. The number of piperazine rings is 1. The van der Waals surface area contributed by atoms with E-state index in [1.54, 1.807) is 4.90 Å². The molecule has 70 heavy (non-hydrogen) atoms. The Balaban J connectivity index is 0.608. The van der Waals surface area contributed by atoms with Gasteiger partial charge in [-0.1, -0.05) is 18.2 Å². The number of hydrogen-bond donors (Lipinski definition) is 2. The number of ether oxygens (including phenoxy) is 1. The van der Waals surface area contributed by atoms with Gasteiger partial charge in [0.25, 0.3) is 5.91 Å². The van der Waals surface area contributed by atoms with Gasteiger partial charge in [-0.05, 0) is 137 Å². The highest BCUT2D eigenvalue weighted by Gasteiger charge is 2.40. The van der Waals surface area contributed by atoms with E-state index < -0.39 is 6.04 Å². The first kappa shape index (κ1) is 45.8. The summed E-state index contributed by atoms with van der Waals surface area (Å²) in [5.74, 6) is 1.82. The number of benzene rings is 3. The molecule has 2 atom stereocenters. The van der Waals surface area contributed by atoms with Gasteiger partial charge in [-0.15, -0.1) is 0 Å². The Morgan fingerprint density at radius 3 is 2.27 bits per heavy atom. The molecule has 0 bridgehead atoms. The Hall–Kier alpha value is -6.59. The van der Waals surface area contributed by atoms with Gasteiger partial charge in [0.05, 0.1) is 11.4 Å². The first-order valence-corrected chi connectivity index (χ1v) is 25.6. The molecule has 0 saturated carbocycles. The zero-order valence-electron chi connectivity index (χ0n) is 40.0. The quantitative estimate of drug-likeness (QED) is 0.144. The monoisotopic (exact) mass is 949 g/mol. The van der Waals surface area contributed by atoms with E-state index in [0.29, 0.717) is 36.3 Å². The minimum absolute atomic E-state index is 0.133. The second-order valence-electron chi connectivity index (χ2n) is 20.1. The number of hydrogen-bond acceptors (Lipinski definition) is 12. The molecule has 0 spiro atoms. The van der Waals surface area contributed by atoms with Crippen LogP contribution in [0.1, 0.15) is 86.2 Å². The number of amides is 5. The predicted octanol–water partition coefficient (Wildman–Crippen LogP) is 6.16. The number of likely N-dealkylation sites (tertiary alicyclic amines) is 3. The summed E-state index contributed by atoms with van der Waals surface area (Å²) in [5.41, 5.74) is 11.7. The zero-order chi connectivity index (χ0) is 47.7. The first-order chi connectivity index (χ1) is 34.2. The summed E-state index contributed by atoms with van der Waals surface area (Å²) in [6.07, 6.45) is 10.7. The van der Waals surface area contributed by atoms with E-state index in [-0.39, 0.29) is 36.2 Å². The molecule has 3 aromatic carbocycles. The third-order valence-corrected chi connectivity index (χ3v) is 15.9. The van der Waals surface area contributed by atoms with E-state index in [2.05, 4.69) is 45.5 Å². The molecule has 2 unspecified atom stereocenters. The number of nitrogens with zero attached hydrogens (tertiary/aromatic N) is 10. The number of anilines is 2. The van der Waals surface area contributed by atoms with Crippen LogP contribution in [0, 0.1) is 5.92 Å². The van der Waals surface area contributed by atoms with E-state index >= 15 is 0 Å². The zero-order valence-corrected chi connectivity index (χ0v) is 40.0. The van der Waals surface area contributed by atoms with Gasteiger partial charge in [-0.25, -0.2) is 19.4 Å². The van der Waals surface area contributed by atoms with Crippen molar-refractivity contribution < 1.29 is 23.9 Å². The van der Waals surface area contributed by atoms with Crippen molar-refractivity contribution in [3.05, 3.63) is 90.3 Å². The number of piperidine rings is 4. The maximum atomic E-state index is 13.8. The SMILES string of the molecule is Nc1ncnc2c1c(-c1ccc(Oc3ccccc3)cc1)nn2C1CCCN(C2CCN(C(=O)N3CCC(CCCN4CCN(c5ccc6c(c5)CN(C5CCC(=O)NC5=O)C6=O)CC4)CC3)CC2)C1. The Kier molecular flexibility index (Phi) is 13.1. The van der Waals surface area contributed by atoms with Gasteiger partial charge in [-0.2, -0.15) is 5.10 Å². The smallest absolute Gasteiger partial charge is 0.319 e. The lowest BCUT2D eigenvalue weighted by Crippen LogP contribution is -2.53.